The lowest BCUT2D eigenvalue weighted by Crippen LogP contribution is -2.33. The minimum atomic E-state index is -0.380. The van der Waals surface area contributed by atoms with Gasteiger partial charge in [0.25, 0.3) is 0 Å². The molecule has 0 N–H and O–H groups in total. The van der Waals surface area contributed by atoms with Crippen LogP contribution in [0.25, 0.3) is 0 Å². The molecule has 0 amide bonds. The Morgan fingerprint density at radius 3 is 2.14 bits per heavy atom. The fraction of sp³-hybridized carbons (Fsp3) is 0.263. The van der Waals surface area contributed by atoms with Crippen molar-refractivity contribution in [3.8, 4) is 6.07 Å². The average Bonchev–Trinajstić information content (AvgIpc) is 3.06. The van der Waals surface area contributed by atoms with Gasteiger partial charge in [-0.2, -0.15) is 5.26 Å². The van der Waals surface area contributed by atoms with Crippen LogP contribution in [-0.2, 0) is 5.41 Å². The minimum Gasteiger partial charge on any atom is -0.293 e. The molecule has 0 aliphatic heterocycles. The maximum Gasteiger partial charge on any atom is 0.173 e. The van der Waals surface area contributed by atoms with Gasteiger partial charge in [0.1, 0.15) is 0 Å². The smallest absolute Gasteiger partial charge is 0.173 e. The number of hydrogen-bond donors (Lipinski definition) is 0. The summed E-state index contributed by atoms with van der Waals surface area (Å²) in [5.74, 6) is 0.190. The third-order valence-corrected chi connectivity index (χ3v) is 4.49. The summed E-state index contributed by atoms with van der Waals surface area (Å²) < 4.78 is 0. The van der Waals surface area contributed by atoms with E-state index in [4.69, 9.17) is 5.26 Å². The first kappa shape index (κ1) is 13.6. The molecule has 1 aliphatic rings. The zero-order valence-electron chi connectivity index (χ0n) is 11.9. The highest BCUT2D eigenvalue weighted by Crippen LogP contribution is 2.43. The van der Waals surface area contributed by atoms with Crippen LogP contribution in [0.1, 0.15) is 47.2 Å². The molecule has 0 saturated heterocycles. The fourth-order valence-corrected chi connectivity index (χ4v) is 3.36. The largest absolute Gasteiger partial charge is 0.293 e. The molecule has 0 heterocycles. The van der Waals surface area contributed by atoms with Gasteiger partial charge in [-0.3, -0.25) is 4.79 Å². The normalized spacial score (nSPS) is 16.3. The second-order valence-corrected chi connectivity index (χ2v) is 5.67. The van der Waals surface area contributed by atoms with Gasteiger partial charge in [0.15, 0.2) is 5.78 Å². The van der Waals surface area contributed by atoms with Crippen LogP contribution in [0.4, 0.5) is 0 Å². The second-order valence-electron chi connectivity index (χ2n) is 5.67. The van der Waals surface area contributed by atoms with E-state index in [1.54, 1.807) is 24.3 Å². The monoisotopic (exact) mass is 275 g/mol. The maximum atomic E-state index is 13.1. The van der Waals surface area contributed by atoms with Gasteiger partial charge in [-0.1, -0.05) is 55.3 Å². The Hall–Kier alpha value is -2.40. The van der Waals surface area contributed by atoms with E-state index >= 15 is 0 Å². The molecule has 0 aromatic heterocycles. The van der Waals surface area contributed by atoms with Crippen molar-refractivity contribution in [2.75, 3.05) is 0 Å². The molecule has 1 aliphatic carbocycles. The molecule has 1 saturated carbocycles. The summed E-state index contributed by atoms with van der Waals surface area (Å²) in [6.07, 6.45) is 4.01. The summed E-state index contributed by atoms with van der Waals surface area (Å²) in [6.45, 7) is 0. The molecule has 3 rings (SSSR count). The first-order valence-corrected chi connectivity index (χ1v) is 7.37. The van der Waals surface area contributed by atoms with Crippen molar-refractivity contribution in [3.05, 3.63) is 71.3 Å². The summed E-state index contributed by atoms with van der Waals surface area (Å²) in [6, 6.07) is 19.2. The predicted molar refractivity (Wildman–Crippen MR) is 82.1 cm³/mol. The highest BCUT2D eigenvalue weighted by molar-refractivity contribution is 6.04. The zero-order valence-corrected chi connectivity index (χ0v) is 11.9. The van der Waals surface area contributed by atoms with Crippen molar-refractivity contribution in [2.24, 2.45) is 0 Å². The van der Waals surface area contributed by atoms with E-state index in [9.17, 15) is 4.79 Å². The number of hydrogen-bond acceptors (Lipinski definition) is 2. The molecule has 2 aromatic rings. The third kappa shape index (κ3) is 2.36. The molecule has 0 spiro atoms. The summed E-state index contributed by atoms with van der Waals surface area (Å²) in [5, 5.41) is 8.87. The predicted octanol–water partition coefficient (Wildman–Crippen LogP) is 4.25. The van der Waals surface area contributed by atoms with E-state index in [1.165, 1.54) is 0 Å². The average molecular weight is 275 g/mol. The highest BCUT2D eigenvalue weighted by Gasteiger charge is 2.42. The van der Waals surface area contributed by atoms with Crippen molar-refractivity contribution in [1.82, 2.24) is 0 Å². The second kappa shape index (κ2) is 5.54. The molecule has 2 nitrogen and oxygen atoms in total. The summed E-state index contributed by atoms with van der Waals surface area (Å²) in [4.78, 5) is 13.1. The van der Waals surface area contributed by atoms with Crippen LogP contribution in [0, 0.1) is 11.3 Å². The number of carbonyl (C=O) groups is 1. The number of benzene rings is 2. The maximum absolute atomic E-state index is 13.1. The van der Waals surface area contributed by atoms with Crippen LogP contribution < -0.4 is 0 Å². The Morgan fingerprint density at radius 1 is 0.952 bits per heavy atom. The van der Waals surface area contributed by atoms with Gasteiger partial charge < -0.3 is 0 Å². The number of rotatable bonds is 3. The number of ketones is 1. The lowest BCUT2D eigenvalue weighted by molar-refractivity contribution is 0.0886. The minimum absolute atomic E-state index is 0.190. The molecule has 0 bridgehead atoms. The first-order chi connectivity index (χ1) is 10.3. The van der Waals surface area contributed by atoms with E-state index < -0.39 is 0 Å². The van der Waals surface area contributed by atoms with Gasteiger partial charge in [0.05, 0.1) is 17.0 Å². The molecule has 104 valence electrons. The van der Waals surface area contributed by atoms with Gasteiger partial charge in [0.2, 0.25) is 0 Å². The van der Waals surface area contributed by atoms with E-state index in [1.807, 2.05) is 18.2 Å². The molecular formula is C19H17NO. The topological polar surface area (TPSA) is 40.9 Å². The van der Waals surface area contributed by atoms with Gasteiger partial charge in [-0.15, -0.1) is 0 Å². The Balaban J connectivity index is 2.01. The highest BCUT2D eigenvalue weighted by atomic mass is 16.1. The lowest BCUT2D eigenvalue weighted by atomic mass is 9.73. The molecular weight excluding hydrogens is 258 g/mol. The third-order valence-electron chi connectivity index (χ3n) is 4.49. The van der Waals surface area contributed by atoms with Crippen LogP contribution in [0.15, 0.2) is 54.6 Å². The summed E-state index contributed by atoms with van der Waals surface area (Å²) in [7, 11) is 0. The Labute approximate surface area is 125 Å². The van der Waals surface area contributed by atoms with Crippen molar-refractivity contribution >= 4 is 5.78 Å². The van der Waals surface area contributed by atoms with Crippen molar-refractivity contribution in [1.29, 1.82) is 5.26 Å². The Kier molecular flexibility index (Phi) is 3.58. The first-order valence-electron chi connectivity index (χ1n) is 7.37. The van der Waals surface area contributed by atoms with Crippen LogP contribution in [-0.4, -0.2) is 5.78 Å². The van der Waals surface area contributed by atoms with E-state index in [0.29, 0.717) is 11.1 Å². The summed E-state index contributed by atoms with van der Waals surface area (Å²) >= 11 is 0. The fourth-order valence-electron chi connectivity index (χ4n) is 3.36. The lowest BCUT2D eigenvalue weighted by Gasteiger charge is -2.28. The Morgan fingerprint density at radius 2 is 1.57 bits per heavy atom. The molecule has 2 aromatic carbocycles. The quantitative estimate of drug-likeness (QED) is 0.785. The molecule has 2 heteroatoms. The van der Waals surface area contributed by atoms with Gasteiger partial charge >= 0.3 is 0 Å². The van der Waals surface area contributed by atoms with Crippen molar-refractivity contribution in [2.45, 2.75) is 31.1 Å². The standard InChI is InChI=1S/C19H17NO/c20-14-15-8-10-16(11-9-15)18(21)19(12-4-5-13-19)17-6-2-1-3-7-17/h1-3,6-11H,4-5,12-13H2. The van der Waals surface area contributed by atoms with E-state index in [-0.39, 0.29) is 11.2 Å². The number of nitriles is 1. The molecule has 0 radical (unpaired) electrons. The van der Waals surface area contributed by atoms with Crippen LogP contribution >= 0.6 is 0 Å². The van der Waals surface area contributed by atoms with E-state index in [0.717, 1.165) is 31.2 Å². The number of carbonyl (C=O) groups excluding carboxylic acids is 1. The van der Waals surface area contributed by atoms with Gasteiger partial charge in [0, 0.05) is 5.56 Å². The number of Topliss-reactive ketones (excluding diaryl/α,β-unsaturated/α-hetero) is 1. The van der Waals surface area contributed by atoms with Crippen molar-refractivity contribution in [3.63, 3.8) is 0 Å². The summed E-state index contributed by atoms with van der Waals surface area (Å²) in [5.41, 5.74) is 2.04. The Bertz CT molecular complexity index is 674. The zero-order chi connectivity index (χ0) is 14.7. The van der Waals surface area contributed by atoms with Gasteiger partial charge in [-0.05, 0) is 30.5 Å². The molecule has 0 unspecified atom stereocenters. The van der Waals surface area contributed by atoms with Crippen molar-refractivity contribution < 1.29 is 4.79 Å². The van der Waals surface area contributed by atoms with E-state index in [2.05, 4.69) is 18.2 Å². The van der Waals surface area contributed by atoms with Gasteiger partial charge in [-0.25, -0.2) is 0 Å². The molecule has 0 atom stereocenters. The SMILES string of the molecule is N#Cc1ccc(C(=O)C2(c3ccccc3)CCCC2)cc1. The van der Waals surface area contributed by atoms with Crippen LogP contribution in [0.3, 0.4) is 0 Å². The molecule has 21 heavy (non-hydrogen) atoms. The van der Waals surface area contributed by atoms with Crippen LogP contribution in [0.5, 0.6) is 0 Å². The molecule has 1 fully saturated rings. The van der Waals surface area contributed by atoms with Crippen LogP contribution in [0.2, 0.25) is 0 Å². The number of nitrogens with zero attached hydrogens (tertiary/aromatic N) is 1.